The highest BCUT2D eigenvalue weighted by Gasteiger charge is 2.17. The van der Waals surface area contributed by atoms with Gasteiger partial charge in [0.1, 0.15) is 0 Å². The van der Waals surface area contributed by atoms with Crippen LogP contribution in [0, 0.1) is 5.92 Å². The molecule has 0 radical (unpaired) electrons. The SMILES string of the molecule is CC(C)C(S)C(=O)Nc1ccc2ncccc2c1. The molecule has 94 valence electrons. The highest BCUT2D eigenvalue weighted by molar-refractivity contribution is 7.81. The first-order valence-electron chi connectivity index (χ1n) is 5.91. The molecule has 1 aromatic carbocycles. The third-order valence-corrected chi connectivity index (χ3v) is 3.60. The first-order valence-corrected chi connectivity index (χ1v) is 6.43. The van der Waals surface area contributed by atoms with Crippen LogP contribution in [0.1, 0.15) is 13.8 Å². The summed E-state index contributed by atoms with van der Waals surface area (Å²) >= 11 is 4.30. The maximum Gasteiger partial charge on any atom is 0.237 e. The van der Waals surface area contributed by atoms with Crippen LogP contribution in [-0.4, -0.2) is 16.1 Å². The van der Waals surface area contributed by atoms with Crippen LogP contribution in [0.4, 0.5) is 5.69 Å². The van der Waals surface area contributed by atoms with Crippen molar-refractivity contribution in [1.82, 2.24) is 4.98 Å². The van der Waals surface area contributed by atoms with E-state index in [4.69, 9.17) is 0 Å². The third-order valence-electron chi connectivity index (χ3n) is 2.77. The first kappa shape index (κ1) is 12.9. The molecule has 0 aliphatic heterocycles. The van der Waals surface area contributed by atoms with Crippen molar-refractivity contribution in [2.75, 3.05) is 5.32 Å². The predicted octanol–water partition coefficient (Wildman–Crippen LogP) is 3.13. The van der Waals surface area contributed by atoms with E-state index in [0.29, 0.717) is 0 Å². The Morgan fingerprint density at radius 2 is 2.11 bits per heavy atom. The molecule has 0 aliphatic carbocycles. The number of amides is 1. The Morgan fingerprint density at radius 3 is 2.83 bits per heavy atom. The molecular formula is C14H16N2OS. The minimum absolute atomic E-state index is 0.0726. The number of nitrogens with zero attached hydrogens (tertiary/aromatic N) is 1. The molecule has 0 saturated carbocycles. The van der Waals surface area contributed by atoms with Gasteiger partial charge in [0, 0.05) is 17.3 Å². The minimum atomic E-state index is -0.297. The molecule has 4 heteroatoms. The van der Waals surface area contributed by atoms with Gasteiger partial charge in [-0.25, -0.2) is 0 Å². The number of hydrogen-bond donors (Lipinski definition) is 2. The van der Waals surface area contributed by atoms with E-state index in [1.807, 2.05) is 44.2 Å². The normalized spacial score (nSPS) is 12.7. The van der Waals surface area contributed by atoms with Crippen LogP contribution in [0.3, 0.4) is 0 Å². The van der Waals surface area contributed by atoms with E-state index in [1.165, 1.54) is 0 Å². The van der Waals surface area contributed by atoms with Crippen LogP contribution in [0.2, 0.25) is 0 Å². The van der Waals surface area contributed by atoms with Gasteiger partial charge in [0.25, 0.3) is 0 Å². The van der Waals surface area contributed by atoms with E-state index in [-0.39, 0.29) is 17.1 Å². The zero-order valence-corrected chi connectivity index (χ0v) is 11.3. The Hall–Kier alpha value is -1.55. The topological polar surface area (TPSA) is 42.0 Å². The molecule has 2 aromatic rings. The van der Waals surface area contributed by atoms with E-state index in [0.717, 1.165) is 16.6 Å². The van der Waals surface area contributed by atoms with Crippen molar-refractivity contribution >= 4 is 35.1 Å². The third kappa shape index (κ3) is 2.82. The van der Waals surface area contributed by atoms with Gasteiger partial charge in [0.2, 0.25) is 5.91 Å². The number of pyridine rings is 1. The quantitative estimate of drug-likeness (QED) is 0.833. The molecule has 1 amide bonds. The molecule has 3 nitrogen and oxygen atoms in total. The fraction of sp³-hybridized carbons (Fsp3) is 0.286. The zero-order chi connectivity index (χ0) is 13.1. The van der Waals surface area contributed by atoms with Gasteiger partial charge >= 0.3 is 0 Å². The fourth-order valence-electron chi connectivity index (χ4n) is 1.67. The fourth-order valence-corrected chi connectivity index (χ4v) is 1.74. The lowest BCUT2D eigenvalue weighted by molar-refractivity contribution is -0.116. The molecule has 0 aliphatic rings. The van der Waals surface area contributed by atoms with Crippen LogP contribution < -0.4 is 5.32 Å². The number of benzene rings is 1. The molecule has 2 rings (SSSR count). The highest BCUT2D eigenvalue weighted by Crippen LogP contribution is 2.18. The smallest absolute Gasteiger partial charge is 0.237 e. The van der Waals surface area contributed by atoms with Gasteiger partial charge in [-0.05, 0) is 30.2 Å². The Kier molecular flexibility index (Phi) is 3.87. The summed E-state index contributed by atoms with van der Waals surface area (Å²) in [6, 6.07) is 9.52. The number of aromatic nitrogens is 1. The summed E-state index contributed by atoms with van der Waals surface area (Å²) in [5.41, 5.74) is 1.70. The molecule has 0 spiro atoms. The number of fused-ring (bicyclic) bond motifs is 1. The van der Waals surface area contributed by atoms with Gasteiger partial charge in [-0.1, -0.05) is 19.9 Å². The van der Waals surface area contributed by atoms with Crippen molar-refractivity contribution in [3.05, 3.63) is 36.5 Å². The van der Waals surface area contributed by atoms with Crippen molar-refractivity contribution in [3.63, 3.8) is 0 Å². The lowest BCUT2D eigenvalue weighted by Gasteiger charge is -2.14. The Morgan fingerprint density at radius 1 is 1.33 bits per heavy atom. The van der Waals surface area contributed by atoms with E-state index < -0.39 is 0 Å². The molecule has 1 heterocycles. The second-order valence-corrected chi connectivity index (χ2v) is 5.15. The van der Waals surface area contributed by atoms with Crippen LogP contribution in [-0.2, 0) is 4.79 Å². The number of carbonyl (C=O) groups is 1. The second-order valence-electron chi connectivity index (χ2n) is 4.59. The molecule has 1 N–H and O–H groups in total. The maximum absolute atomic E-state index is 11.9. The number of hydrogen-bond acceptors (Lipinski definition) is 3. The molecular weight excluding hydrogens is 244 g/mol. The average molecular weight is 260 g/mol. The number of anilines is 1. The summed E-state index contributed by atoms with van der Waals surface area (Å²) in [7, 11) is 0. The van der Waals surface area contributed by atoms with Crippen molar-refractivity contribution < 1.29 is 4.79 Å². The van der Waals surface area contributed by atoms with Gasteiger partial charge in [-0.2, -0.15) is 12.6 Å². The van der Waals surface area contributed by atoms with Crippen LogP contribution >= 0.6 is 12.6 Å². The number of nitrogens with one attached hydrogen (secondary N) is 1. The standard InChI is InChI=1S/C14H16N2OS/c1-9(2)13(18)14(17)16-11-5-6-12-10(8-11)4-3-7-15-12/h3-9,13,18H,1-2H3,(H,16,17). The lowest BCUT2D eigenvalue weighted by Crippen LogP contribution is -2.27. The van der Waals surface area contributed by atoms with Crippen LogP contribution in [0.25, 0.3) is 10.9 Å². The highest BCUT2D eigenvalue weighted by atomic mass is 32.1. The van der Waals surface area contributed by atoms with E-state index >= 15 is 0 Å². The van der Waals surface area contributed by atoms with E-state index in [9.17, 15) is 4.79 Å². The zero-order valence-electron chi connectivity index (χ0n) is 10.4. The van der Waals surface area contributed by atoms with E-state index in [2.05, 4.69) is 22.9 Å². The van der Waals surface area contributed by atoms with Gasteiger partial charge < -0.3 is 5.32 Å². The van der Waals surface area contributed by atoms with Crippen molar-refractivity contribution in [2.45, 2.75) is 19.1 Å². The predicted molar refractivity (Wildman–Crippen MR) is 78.0 cm³/mol. The molecule has 0 fully saturated rings. The molecule has 1 aromatic heterocycles. The lowest BCUT2D eigenvalue weighted by atomic mass is 10.1. The summed E-state index contributed by atoms with van der Waals surface area (Å²) in [6.07, 6.45) is 1.75. The monoisotopic (exact) mass is 260 g/mol. The van der Waals surface area contributed by atoms with Gasteiger partial charge in [-0.3, -0.25) is 9.78 Å². The van der Waals surface area contributed by atoms with Gasteiger partial charge in [0.05, 0.1) is 10.8 Å². The Labute approximate surface area is 112 Å². The number of thiol groups is 1. The second kappa shape index (κ2) is 5.40. The number of rotatable bonds is 3. The molecule has 1 unspecified atom stereocenters. The van der Waals surface area contributed by atoms with Crippen molar-refractivity contribution in [2.24, 2.45) is 5.92 Å². The molecule has 0 saturated heterocycles. The van der Waals surface area contributed by atoms with Crippen molar-refractivity contribution in [1.29, 1.82) is 0 Å². The van der Waals surface area contributed by atoms with E-state index in [1.54, 1.807) is 6.20 Å². The minimum Gasteiger partial charge on any atom is -0.325 e. The summed E-state index contributed by atoms with van der Waals surface area (Å²) < 4.78 is 0. The van der Waals surface area contributed by atoms with Gasteiger partial charge in [0.15, 0.2) is 0 Å². The summed E-state index contributed by atoms with van der Waals surface area (Å²) in [6.45, 7) is 3.95. The molecule has 0 bridgehead atoms. The summed E-state index contributed by atoms with van der Waals surface area (Å²) in [5, 5.41) is 3.59. The first-order chi connectivity index (χ1) is 8.58. The Bertz CT molecular complexity index is 568. The Balaban J connectivity index is 2.19. The molecule has 18 heavy (non-hydrogen) atoms. The van der Waals surface area contributed by atoms with Gasteiger partial charge in [-0.15, -0.1) is 0 Å². The molecule has 1 atom stereocenters. The summed E-state index contributed by atoms with van der Waals surface area (Å²) in [4.78, 5) is 16.1. The van der Waals surface area contributed by atoms with Crippen LogP contribution in [0.15, 0.2) is 36.5 Å². The van der Waals surface area contributed by atoms with Crippen LogP contribution in [0.5, 0.6) is 0 Å². The average Bonchev–Trinajstić information content (AvgIpc) is 2.37. The number of carbonyl (C=O) groups excluding carboxylic acids is 1. The largest absolute Gasteiger partial charge is 0.325 e. The van der Waals surface area contributed by atoms with Crippen molar-refractivity contribution in [3.8, 4) is 0 Å². The summed E-state index contributed by atoms with van der Waals surface area (Å²) in [5.74, 6) is 0.132. The maximum atomic E-state index is 11.9.